The molecule has 0 atom stereocenters. The van der Waals surface area contributed by atoms with E-state index in [0.717, 1.165) is 23.1 Å². The predicted octanol–water partition coefficient (Wildman–Crippen LogP) is 1.87. The minimum atomic E-state index is 0.725. The van der Waals surface area contributed by atoms with Crippen LogP contribution in [0.3, 0.4) is 0 Å². The number of pyridine rings is 2. The Labute approximate surface area is 92.6 Å². The van der Waals surface area contributed by atoms with Gasteiger partial charge in [-0.1, -0.05) is 6.07 Å². The molecule has 0 saturated carbocycles. The summed E-state index contributed by atoms with van der Waals surface area (Å²) in [6, 6.07) is 7.91. The van der Waals surface area contributed by atoms with E-state index in [1.807, 2.05) is 35.1 Å². The first-order valence-electron chi connectivity index (χ1n) is 5.09. The third-order valence-corrected chi connectivity index (χ3v) is 2.47. The zero-order valence-corrected chi connectivity index (χ0v) is 8.61. The van der Waals surface area contributed by atoms with Crippen LogP contribution in [0.4, 0.5) is 0 Å². The Morgan fingerprint density at radius 1 is 1.06 bits per heavy atom. The normalized spacial score (nSPS) is 10.8. The number of rotatable bonds is 2. The summed E-state index contributed by atoms with van der Waals surface area (Å²) in [5, 5.41) is 4.32. The van der Waals surface area contributed by atoms with Crippen molar-refractivity contribution in [1.82, 2.24) is 19.7 Å². The highest BCUT2D eigenvalue weighted by Gasteiger charge is 2.02. The lowest BCUT2D eigenvalue weighted by Crippen LogP contribution is -2.01. The van der Waals surface area contributed by atoms with Crippen molar-refractivity contribution >= 4 is 11.0 Å². The Balaban J connectivity index is 2.01. The maximum absolute atomic E-state index is 4.32. The second kappa shape index (κ2) is 3.73. The first-order valence-corrected chi connectivity index (χ1v) is 5.09. The van der Waals surface area contributed by atoms with Gasteiger partial charge in [0.2, 0.25) is 0 Å². The van der Waals surface area contributed by atoms with Gasteiger partial charge in [-0.25, -0.2) is 0 Å². The lowest BCUT2D eigenvalue weighted by molar-refractivity contribution is 0.710. The summed E-state index contributed by atoms with van der Waals surface area (Å²) in [7, 11) is 0. The molecule has 0 unspecified atom stereocenters. The smallest absolute Gasteiger partial charge is 0.108 e. The third-order valence-electron chi connectivity index (χ3n) is 2.47. The van der Waals surface area contributed by atoms with Crippen LogP contribution in [-0.4, -0.2) is 19.7 Å². The van der Waals surface area contributed by atoms with Crippen LogP contribution in [0.5, 0.6) is 0 Å². The fourth-order valence-electron chi connectivity index (χ4n) is 1.70. The molecule has 3 rings (SSSR count). The number of nitrogens with zero attached hydrogens (tertiary/aromatic N) is 4. The molecule has 0 aliphatic carbocycles. The maximum Gasteiger partial charge on any atom is 0.108 e. The summed E-state index contributed by atoms with van der Waals surface area (Å²) >= 11 is 0. The van der Waals surface area contributed by atoms with E-state index in [1.54, 1.807) is 18.6 Å². The van der Waals surface area contributed by atoms with Crippen LogP contribution < -0.4 is 0 Å². The zero-order valence-electron chi connectivity index (χ0n) is 8.61. The van der Waals surface area contributed by atoms with Crippen LogP contribution in [0.25, 0.3) is 11.0 Å². The Bertz CT molecular complexity index is 600. The van der Waals surface area contributed by atoms with Gasteiger partial charge in [0.05, 0.1) is 18.3 Å². The highest BCUT2D eigenvalue weighted by atomic mass is 15.3. The molecule has 3 aromatic rings. The van der Waals surface area contributed by atoms with Gasteiger partial charge in [0.1, 0.15) is 5.52 Å². The molecular formula is C12H10N4. The molecule has 3 heterocycles. The molecule has 0 saturated heterocycles. The van der Waals surface area contributed by atoms with Gasteiger partial charge in [-0.2, -0.15) is 5.10 Å². The van der Waals surface area contributed by atoms with Crippen molar-refractivity contribution in [2.75, 3.05) is 0 Å². The van der Waals surface area contributed by atoms with Gasteiger partial charge in [0.15, 0.2) is 0 Å². The van der Waals surface area contributed by atoms with Crippen LogP contribution in [0, 0.1) is 0 Å². The molecule has 0 aliphatic heterocycles. The number of fused-ring (bicyclic) bond motifs is 1. The molecule has 0 radical (unpaired) electrons. The number of hydrogen-bond acceptors (Lipinski definition) is 3. The molecule has 0 aliphatic rings. The molecule has 0 amide bonds. The summed E-state index contributed by atoms with van der Waals surface area (Å²) < 4.78 is 1.93. The molecule has 3 aromatic heterocycles. The summed E-state index contributed by atoms with van der Waals surface area (Å²) in [4.78, 5) is 8.33. The average molecular weight is 210 g/mol. The highest BCUT2D eigenvalue weighted by molar-refractivity contribution is 5.73. The Morgan fingerprint density at radius 3 is 2.88 bits per heavy atom. The van der Waals surface area contributed by atoms with E-state index in [1.165, 1.54) is 0 Å². The minimum absolute atomic E-state index is 0.725. The van der Waals surface area contributed by atoms with E-state index in [2.05, 4.69) is 15.1 Å². The molecule has 0 N–H and O–H groups in total. The second-order valence-electron chi connectivity index (χ2n) is 3.57. The van der Waals surface area contributed by atoms with E-state index in [-0.39, 0.29) is 0 Å². The molecule has 0 fully saturated rings. The molecule has 4 heteroatoms. The minimum Gasteiger partial charge on any atom is -0.264 e. The maximum atomic E-state index is 4.32. The average Bonchev–Trinajstić information content (AvgIpc) is 2.74. The van der Waals surface area contributed by atoms with Crippen molar-refractivity contribution < 1.29 is 0 Å². The quantitative estimate of drug-likeness (QED) is 0.648. The number of hydrogen-bond donors (Lipinski definition) is 0. The van der Waals surface area contributed by atoms with Gasteiger partial charge in [0.25, 0.3) is 0 Å². The van der Waals surface area contributed by atoms with Gasteiger partial charge in [-0.3, -0.25) is 14.6 Å². The first-order chi connectivity index (χ1) is 7.93. The topological polar surface area (TPSA) is 43.6 Å². The van der Waals surface area contributed by atoms with Gasteiger partial charge < -0.3 is 0 Å². The van der Waals surface area contributed by atoms with E-state index in [4.69, 9.17) is 0 Å². The predicted molar refractivity (Wildman–Crippen MR) is 60.9 cm³/mol. The lowest BCUT2D eigenvalue weighted by atomic mass is 10.3. The largest absolute Gasteiger partial charge is 0.264 e. The zero-order chi connectivity index (χ0) is 10.8. The molecule has 0 spiro atoms. The van der Waals surface area contributed by atoms with E-state index in [9.17, 15) is 0 Å². The van der Waals surface area contributed by atoms with Crippen LogP contribution in [0.2, 0.25) is 0 Å². The Kier molecular flexibility index (Phi) is 2.11. The van der Waals surface area contributed by atoms with E-state index in [0.29, 0.717) is 0 Å². The monoisotopic (exact) mass is 210 g/mol. The Morgan fingerprint density at radius 2 is 2.00 bits per heavy atom. The van der Waals surface area contributed by atoms with Gasteiger partial charge in [-0.15, -0.1) is 0 Å². The summed E-state index contributed by atoms with van der Waals surface area (Å²) in [6.45, 7) is 0.725. The third kappa shape index (κ3) is 1.54. The molecule has 16 heavy (non-hydrogen) atoms. The van der Waals surface area contributed by atoms with Crippen LogP contribution in [0.1, 0.15) is 5.56 Å². The van der Waals surface area contributed by atoms with Crippen LogP contribution >= 0.6 is 0 Å². The summed E-state index contributed by atoms with van der Waals surface area (Å²) in [5.41, 5.74) is 3.11. The standard InChI is InChI=1S/C12H10N4/c1-3-10(7-13-5-1)9-16-12-4-2-6-14-11(12)8-15-16/h1-8H,9H2. The molecule has 0 bridgehead atoms. The molecular weight excluding hydrogens is 200 g/mol. The fourth-order valence-corrected chi connectivity index (χ4v) is 1.70. The van der Waals surface area contributed by atoms with Crippen molar-refractivity contribution in [3.8, 4) is 0 Å². The van der Waals surface area contributed by atoms with Gasteiger partial charge >= 0.3 is 0 Å². The molecule has 0 aromatic carbocycles. The van der Waals surface area contributed by atoms with Crippen LogP contribution in [0.15, 0.2) is 49.1 Å². The summed E-state index contributed by atoms with van der Waals surface area (Å²) in [6.07, 6.45) is 7.18. The van der Waals surface area contributed by atoms with Crippen molar-refractivity contribution in [2.24, 2.45) is 0 Å². The first kappa shape index (κ1) is 9.03. The molecule has 4 nitrogen and oxygen atoms in total. The van der Waals surface area contributed by atoms with Crippen molar-refractivity contribution in [2.45, 2.75) is 6.54 Å². The fraction of sp³-hybridized carbons (Fsp3) is 0.0833. The lowest BCUT2D eigenvalue weighted by Gasteiger charge is -2.02. The number of aromatic nitrogens is 4. The molecule has 78 valence electrons. The van der Waals surface area contributed by atoms with Gasteiger partial charge in [0, 0.05) is 18.6 Å². The highest BCUT2D eigenvalue weighted by Crippen LogP contribution is 2.11. The van der Waals surface area contributed by atoms with Gasteiger partial charge in [-0.05, 0) is 23.8 Å². The Hall–Kier alpha value is -2.23. The van der Waals surface area contributed by atoms with Crippen LogP contribution in [-0.2, 0) is 6.54 Å². The van der Waals surface area contributed by atoms with E-state index < -0.39 is 0 Å². The summed E-state index contributed by atoms with van der Waals surface area (Å²) in [5.74, 6) is 0. The van der Waals surface area contributed by atoms with Crippen molar-refractivity contribution in [3.05, 3.63) is 54.6 Å². The second-order valence-corrected chi connectivity index (χ2v) is 3.57. The SMILES string of the molecule is c1cncc(Cn2ncc3ncccc32)c1. The van der Waals surface area contributed by atoms with Crippen molar-refractivity contribution in [3.63, 3.8) is 0 Å². The van der Waals surface area contributed by atoms with Crippen molar-refractivity contribution in [1.29, 1.82) is 0 Å². The van der Waals surface area contributed by atoms with E-state index >= 15 is 0 Å².